The predicted molar refractivity (Wildman–Crippen MR) is 69.0 cm³/mol. The van der Waals surface area contributed by atoms with Crippen molar-refractivity contribution in [2.24, 2.45) is 0 Å². The first-order valence-corrected chi connectivity index (χ1v) is 7.11. The maximum absolute atomic E-state index is 11.9. The Balaban J connectivity index is 1.75. The van der Waals surface area contributed by atoms with E-state index in [1.165, 1.54) is 6.42 Å². The summed E-state index contributed by atoms with van der Waals surface area (Å²) in [4.78, 5) is 18.1. The zero-order chi connectivity index (χ0) is 12.1. The van der Waals surface area contributed by atoms with E-state index in [0.717, 1.165) is 31.6 Å². The summed E-state index contributed by atoms with van der Waals surface area (Å²) >= 11 is 1.58. The molecule has 17 heavy (non-hydrogen) atoms. The molecule has 1 saturated heterocycles. The predicted octanol–water partition coefficient (Wildman–Crippen LogP) is 1.81. The fourth-order valence-corrected chi connectivity index (χ4v) is 2.68. The van der Waals surface area contributed by atoms with Crippen molar-refractivity contribution >= 4 is 17.2 Å². The summed E-state index contributed by atoms with van der Waals surface area (Å²) in [5, 5.41) is 5.25. The number of carbonyl (C=O) groups excluding carboxylic acids is 1. The van der Waals surface area contributed by atoms with Crippen LogP contribution < -0.4 is 5.32 Å². The van der Waals surface area contributed by atoms with E-state index in [1.54, 1.807) is 11.3 Å². The fraction of sp³-hybridized carbons (Fsp3) is 0.667. The third-order valence-electron chi connectivity index (χ3n) is 3.16. The minimum absolute atomic E-state index is 0.148. The third-order valence-corrected chi connectivity index (χ3v) is 3.77. The molecule has 4 nitrogen and oxygen atoms in total. The van der Waals surface area contributed by atoms with Crippen LogP contribution in [0, 0.1) is 0 Å². The molecular weight excluding hydrogens is 234 g/mol. The lowest BCUT2D eigenvalue weighted by Gasteiger charge is -2.27. The van der Waals surface area contributed by atoms with E-state index >= 15 is 0 Å². The average Bonchev–Trinajstić information content (AvgIpc) is 2.90. The number of aromatic nitrogens is 1. The highest BCUT2D eigenvalue weighted by atomic mass is 32.1. The van der Waals surface area contributed by atoms with Crippen LogP contribution in [0.15, 0.2) is 10.9 Å². The first-order chi connectivity index (χ1) is 8.27. The van der Waals surface area contributed by atoms with Gasteiger partial charge in [-0.25, -0.2) is 4.98 Å². The summed E-state index contributed by atoms with van der Waals surface area (Å²) < 4.78 is 0. The Morgan fingerprint density at radius 3 is 2.94 bits per heavy atom. The Kier molecular flexibility index (Phi) is 4.50. The smallest absolute Gasteiger partial charge is 0.236 e. The van der Waals surface area contributed by atoms with E-state index < -0.39 is 0 Å². The van der Waals surface area contributed by atoms with Crippen molar-refractivity contribution in [3.8, 4) is 0 Å². The van der Waals surface area contributed by atoms with Gasteiger partial charge in [0.05, 0.1) is 17.7 Å². The van der Waals surface area contributed by atoms with Crippen molar-refractivity contribution in [1.82, 2.24) is 15.2 Å². The van der Waals surface area contributed by atoms with E-state index in [1.807, 2.05) is 22.7 Å². The van der Waals surface area contributed by atoms with E-state index in [2.05, 4.69) is 10.3 Å². The highest BCUT2D eigenvalue weighted by molar-refractivity contribution is 7.07. The number of nitrogens with zero attached hydrogens (tertiary/aromatic N) is 2. The maximum atomic E-state index is 11.9. The molecular formula is C12H19N3OS. The molecule has 2 rings (SSSR count). The van der Waals surface area contributed by atoms with Gasteiger partial charge in [0, 0.05) is 24.5 Å². The van der Waals surface area contributed by atoms with Crippen LogP contribution >= 0.6 is 11.3 Å². The number of piperidine rings is 1. The molecule has 1 unspecified atom stereocenters. The molecule has 0 aliphatic carbocycles. The molecule has 1 aliphatic heterocycles. The highest BCUT2D eigenvalue weighted by Crippen LogP contribution is 2.12. The van der Waals surface area contributed by atoms with Crippen LogP contribution in [0.4, 0.5) is 0 Å². The number of hydrogen-bond acceptors (Lipinski definition) is 4. The molecule has 1 fully saturated rings. The molecule has 0 aromatic carbocycles. The molecule has 94 valence electrons. The Morgan fingerprint density at radius 1 is 1.53 bits per heavy atom. The second kappa shape index (κ2) is 6.12. The molecule has 0 spiro atoms. The fourth-order valence-electron chi connectivity index (χ4n) is 2.04. The van der Waals surface area contributed by atoms with Crippen LogP contribution in [0.25, 0.3) is 0 Å². The van der Waals surface area contributed by atoms with Crippen LogP contribution in [0.2, 0.25) is 0 Å². The number of carbonyl (C=O) groups is 1. The van der Waals surface area contributed by atoms with Gasteiger partial charge in [0.25, 0.3) is 0 Å². The van der Waals surface area contributed by atoms with Gasteiger partial charge >= 0.3 is 0 Å². The van der Waals surface area contributed by atoms with Crippen LogP contribution in [-0.2, 0) is 4.79 Å². The molecule has 0 saturated carbocycles. The molecule has 0 bridgehead atoms. The summed E-state index contributed by atoms with van der Waals surface area (Å²) in [7, 11) is 0. The van der Waals surface area contributed by atoms with Crippen molar-refractivity contribution in [2.75, 3.05) is 19.6 Å². The molecule has 2 heterocycles. The van der Waals surface area contributed by atoms with E-state index in [9.17, 15) is 4.79 Å². The van der Waals surface area contributed by atoms with Gasteiger partial charge in [0.1, 0.15) is 0 Å². The zero-order valence-electron chi connectivity index (χ0n) is 10.2. The largest absolute Gasteiger partial charge is 0.342 e. The summed E-state index contributed by atoms with van der Waals surface area (Å²) in [5.41, 5.74) is 2.83. The number of rotatable bonds is 4. The first kappa shape index (κ1) is 12.5. The van der Waals surface area contributed by atoms with Crippen molar-refractivity contribution < 1.29 is 4.79 Å². The minimum atomic E-state index is 0.148. The second-order valence-electron chi connectivity index (χ2n) is 4.46. The van der Waals surface area contributed by atoms with Gasteiger partial charge < -0.3 is 10.2 Å². The van der Waals surface area contributed by atoms with Gasteiger partial charge in [-0.15, -0.1) is 11.3 Å². The summed E-state index contributed by atoms with van der Waals surface area (Å²) in [6, 6.07) is 0.148. The number of nitrogens with one attached hydrogen (secondary N) is 1. The molecule has 1 atom stereocenters. The Hall–Kier alpha value is -0.940. The normalized spacial score (nSPS) is 18.1. The first-order valence-electron chi connectivity index (χ1n) is 6.16. The Morgan fingerprint density at radius 2 is 2.29 bits per heavy atom. The van der Waals surface area contributed by atoms with Gasteiger partial charge in [0.2, 0.25) is 5.91 Å². The standard InChI is InChI=1S/C12H19N3OS/c1-10(11-8-17-9-14-11)13-7-12(16)15-5-3-2-4-6-15/h8-10,13H,2-7H2,1H3. The molecule has 5 heteroatoms. The maximum Gasteiger partial charge on any atom is 0.236 e. The van der Waals surface area contributed by atoms with Crippen LogP contribution in [-0.4, -0.2) is 35.4 Å². The summed E-state index contributed by atoms with van der Waals surface area (Å²) in [5.74, 6) is 0.215. The number of hydrogen-bond donors (Lipinski definition) is 1. The van der Waals surface area contributed by atoms with E-state index in [-0.39, 0.29) is 11.9 Å². The monoisotopic (exact) mass is 253 g/mol. The lowest BCUT2D eigenvalue weighted by molar-refractivity contribution is -0.131. The number of amides is 1. The Bertz CT molecular complexity index is 347. The van der Waals surface area contributed by atoms with Gasteiger partial charge in [0.15, 0.2) is 0 Å². The van der Waals surface area contributed by atoms with Crippen LogP contribution in [0.3, 0.4) is 0 Å². The van der Waals surface area contributed by atoms with Gasteiger partial charge in [-0.05, 0) is 26.2 Å². The molecule has 1 aromatic rings. The van der Waals surface area contributed by atoms with Crippen molar-refractivity contribution in [1.29, 1.82) is 0 Å². The van der Waals surface area contributed by atoms with Gasteiger partial charge in [-0.2, -0.15) is 0 Å². The molecule has 0 radical (unpaired) electrons. The number of likely N-dealkylation sites (tertiary alicyclic amines) is 1. The van der Waals surface area contributed by atoms with Crippen LogP contribution in [0.5, 0.6) is 0 Å². The Labute approximate surface area is 106 Å². The van der Waals surface area contributed by atoms with Gasteiger partial charge in [-0.1, -0.05) is 0 Å². The molecule has 1 N–H and O–H groups in total. The minimum Gasteiger partial charge on any atom is -0.342 e. The highest BCUT2D eigenvalue weighted by Gasteiger charge is 2.17. The zero-order valence-corrected chi connectivity index (χ0v) is 11.0. The molecule has 1 aromatic heterocycles. The number of thiazole rings is 1. The third kappa shape index (κ3) is 3.51. The topological polar surface area (TPSA) is 45.2 Å². The van der Waals surface area contributed by atoms with Crippen molar-refractivity contribution in [3.63, 3.8) is 0 Å². The van der Waals surface area contributed by atoms with Crippen LogP contribution in [0.1, 0.15) is 37.9 Å². The average molecular weight is 253 g/mol. The second-order valence-corrected chi connectivity index (χ2v) is 5.18. The van der Waals surface area contributed by atoms with Crippen molar-refractivity contribution in [2.45, 2.75) is 32.2 Å². The van der Waals surface area contributed by atoms with Gasteiger partial charge in [-0.3, -0.25) is 4.79 Å². The molecule has 1 aliphatic rings. The van der Waals surface area contributed by atoms with E-state index in [0.29, 0.717) is 6.54 Å². The summed E-state index contributed by atoms with van der Waals surface area (Å²) in [6.45, 7) is 4.30. The lowest BCUT2D eigenvalue weighted by atomic mass is 10.1. The summed E-state index contributed by atoms with van der Waals surface area (Å²) in [6.07, 6.45) is 3.55. The quantitative estimate of drug-likeness (QED) is 0.890. The molecule has 1 amide bonds. The van der Waals surface area contributed by atoms with Crippen molar-refractivity contribution in [3.05, 3.63) is 16.6 Å². The SMILES string of the molecule is CC(NCC(=O)N1CCCCC1)c1cscn1. The lowest BCUT2D eigenvalue weighted by Crippen LogP contribution is -2.41. The van der Waals surface area contributed by atoms with E-state index in [4.69, 9.17) is 0 Å².